The van der Waals surface area contributed by atoms with Gasteiger partial charge in [-0.3, -0.25) is 4.79 Å². The molecule has 0 radical (unpaired) electrons. The fraction of sp³-hybridized carbons (Fsp3) is 0.0667. The van der Waals surface area contributed by atoms with Crippen LogP contribution in [0.3, 0.4) is 0 Å². The molecule has 2 aromatic carbocycles. The molecule has 0 bridgehead atoms. The topological polar surface area (TPSA) is 82.3 Å². The second-order valence-electron chi connectivity index (χ2n) is 4.03. The molecule has 0 saturated carbocycles. The van der Waals surface area contributed by atoms with Crippen LogP contribution in [0.15, 0.2) is 42.5 Å². The van der Waals surface area contributed by atoms with Crippen molar-refractivity contribution in [2.45, 2.75) is 0 Å². The van der Waals surface area contributed by atoms with E-state index in [0.717, 1.165) is 0 Å². The number of carbonyl (C=O) groups is 1. The summed E-state index contributed by atoms with van der Waals surface area (Å²) in [5.41, 5.74) is 1.47. The van der Waals surface area contributed by atoms with Crippen LogP contribution < -0.4 is 10.1 Å². The summed E-state index contributed by atoms with van der Waals surface area (Å²) >= 11 is 0. The number of nitriles is 1. The Hall–Kier alpha value is -3.00. The summed E-state index contributed by atoms with van der Waals surface area (Å²) in [5.74, 6) is -0.118. The molecule has 0 saturated heterocycles. The zero-order chi connectivity index (χ0) is 14.5. The van der Waals surface area contributed by atoms with Gasteiger partial charge in [0.05, 0.1) is 18.7 Å². The number of hydrogen-bond acceptors (Lipinski definition) is 4. The molecule has 2 N–H and O–H groups in total. The zero-order valence-corrected chi connectivity index (χ0v) is 10.8. The van der Waals surface area contributed by atoms with E-state index in [4.69, 9.17) is 10.00 Å². The quantitative estimate of drug-likeness (QED) is 0.896. The normalized spacial score (nSPS) is 9.60. The lowest BCUT2D eigenvalue weighted by atomic mass is 10.1. The van der Waals surface area contributed by atoms with Gasteiger partial charge in [0, 0.05) is 11.3 Å². The maximum absolute atomic E-state index is 12.0. The molecule has 2 aromatic rings. The van der Waals surface area contributed by atoms with Gasteiger partial charge in [0.2, 0.25) is 0 Å². The van der Waals surface area contributed by atoms with E-state index >= 15 is 0 Å². The Morgan fingerprint density at radius 3 is 2.55 bits per heavy atom. The summed E-state index contributed by atoms with van der Waals surface area (Å²) in [6, 6.07) is 12.9. The Bertz CT molecular complexity index is 673. The largest absolute Gasteiger partial charge is 0.504 e. The number of aromatic hydroxyl groups is 1. The van der Waals surface area contributed by atoms with Gasteiger partial charge in [0.1, 0.15) is 0 Å². The van der Waals surface area contributed by atoms with Crippen molar-refractivity contribution >= 4 is 11.6 Å². The molecule has 0 aliphatic carbocycles. The van der Waals surface area contributed by atoms with Crippen LogP contribution in [0.1, 0.15) is 15.9 Å². The Kier molecular flexibility index (Phi) is 3.87. The first-order valence-electron chi connectivity index (χ1n) is 5.82. The monoisotopic (exact) mass is 268 g/mol. The number of phenols is 1. The van der Waals surface area contributed by atoms with E-state index in [9.17, 15) is 9.90 Å². The minimum absolute atomic E-state index is 0.0255. The predicted octanol–water partition coefficient (Wildman–Crippen LogP) is 2.52. The van der Waals surface area contributed by atoms with Crippen molar-refractivity contribution in [2.75, 3.05) is 12.4 Å². The number of phenolic OH excluding ortho intramolecular Hbond substituents is 1. The van der Waals surface area contributed by atoms with Crippen LogP contribution in [-0.2, 0) is 0 Å². The van der Waals surface area contributed by atoms with E-state index in [0.29, 0.717) is 16.8 Å². The number of amides is 1. The molecule has 0 heterocycles. The molecule has 1 amide bonds. The van der Waals surface area contributed by atoms with Gasteiger partial charge in [0.25, 0.3) is 5.91 Å². The van der Waals surface area contributed by atoms with Gasteiger partial charge in [-0.05, 0) is 42.5 Å². The fourth-order valence-corrected chi connectivity index (χ4v) is 1.65. The molecule has 0 aromatic heterocycles. The first-order chi connectivity index (χ1) is 9.63. The average Bonchev–Trinajstić information content (AvgIpc) is 2.48. The predicted molar refractivity (Wildman–Crippen MR) is 73.8 cm³/mol. The maximum Gasteiger partial charge on any atom is 0.255 e. The zero-order valence-electron chi connectivity index (χ0n) is 10.8. The van der Waals surface area contributed by atoms with E-state index < -0.39 is 0 Å². The van der Waals surface area contributed by atoms with Crippen LogP contribution in [0.4, 0.5) is 5.69 Å². The SMILES string of the molecule is COc1cc(C(=O)Nc2ccc(C#N)cc2)ccc1O. The lowest BCUT2D eigenvalue weighted by Crippen LogP contribution is -2.11. The van der Waals surface area contributed by atoms with Crippen molar-refractivity contribution in [3.63, 3.8) is 0 Å². The molecule has 5 nitrogen and oxygen atoms in total. The van der Waals surface area contributed by atoms with Crippen molar-refractivity contribution in [2.24, 2.45) is 0 Å². The van der Waals surface area contributed by atoms with E-state index in [-0.39, 0.29) is 17.4 Å². The minimum Gasteiger partial charge on any atom is -0.504 e. The Balaban J connectivity index is 2.17. The van der Waals surface area contributed by atoms with E-state index in [1.807, 2.05) is 6.07 Å². The number of anilines is 1. The van der Waals surface area contributed by atoms with Gasteiger partial charge in [0.15, 0.2) is 11.5 Å². The van der Waals surface area contributed by atoms with E-state index in [2.05, 4.69) is 5.32 Å². The highest BCUT2D eigenvalue weighted by molar-refractivity contribution is 6.04. The van der Waals surface area contributed by atoms with Gasteiger partial charge in [-0.15, -0.1) is 0 Å². The first-order valence-corrected chi connectivity index (χ1v) is 5.82. The molecule has 0 aliphatic rings. The van der Waals surface area contributed by atoms with Crippen LogP contribution in [0.2, 0.25) is 0 Å². The molecular weight excluding hydrogens is 256 g/mol. The van der Waals surface area contributed by atoms with Crippen LogP contribution in [0.5, 0.6) is 11.5 Å². The van der Waals surface area contributed by atoms with E-state index in [1.54, 1.807) is 24.3 Å². The molecule has 0 fully saturated rings. The number of nitrogens with zero attached hydrogens (tertiary/aromatic N) is 1. The Labute approximate surface area is 116 Å². The highest BCUT2D eigenvalue weighted by Crippen LogP contribution is 2.26. The molecular formula is C15H12N2O3. The summed E-state index contributed by atoms with van der Waals surface area (Å²) in [7, 11) is 1.41. The lowest BCUT2D eigenvalue weighted by molar-refractivity contribution is 0.102. The van der Waals surface area contributed by atoms with Crippen LogP contribution >= 0.6 is 0 Å². The Morgan fingerprint density at radius 1 is 1.25 bits per heavy atom. The second kappa shape index (κ2) is 5.76. The van der Waals surface area contributed by atoms with Crippen molar-refractivity contribution in [1.29, 1.82) is 5.26 Å². The molecule has 20 heavy (non-hydrogen) atoms. The average molecular weight is 268 g/mol. The summed E-state index contributed by atoms with van der Waals surface area (Å²) in [4.78, 5) is 12.0. The summed E-state index contributed by atoms with van der Waals surface area (Å²) < 4.78 is 4.95. The smallest absolute Gasteiger partial charge is 0.255 e. The molecule has 0 unspecified atom stereocenters. The molecule has 0 atom stereocenters. The number of methoxy groups -OCH3 is 1. The van der Waals surface area contributed by atoms with Crippen LogP contribution in [0.25, 0.3) is 0 Å². The van der Waals surface area contributed by atoms with Crippen molar-refractivity contribution in [3.05, 3.63) is 53.6 Å². The van der Waals surface area contributed by atoms with Crippen molar-refractivity contribution in [3.8, 4) is 17.6 Å². The molecule has 0 spiro atoms. The van der Waals surface area contributed by atoms with Gasteiger partial charge in [-0.25, -0.2) is 0 Å². The Morgan fingerprint density at radius 2 is 1.95 bits per heavy atom. The summed E-state index contributed by atoms with van der Waals surface area (Å²) in [6.07, 6.45) is 0. The third-order valence-corrected chi connectivity index (χ3v) is 2.71. The summed E-state index contributed by atoms with van der Waals surface area (Å²) in [5, 5.41) is 20.9. The first kappa shape index (κ1) is 13.4. The van der Waals surface area contributed by atoms with Gasteiger partial charge in [-0.1, -0.05) is 0 Å². The third kappa shape index (κ3) is 2.87. The standard InChI is InChI=1S/C15H12N2O3/c1-20-14-8-11(4-7-13(14)18)15(19)17-12-5-2-10(9-16)3-6-12/h2-8,18H,1H3,(H,17,19). The highest BCUT2D eigenvalue weighted by Gasteiger charge is 2.10. The maximum atomic E-state index is 12.0. The van der Waals surface area contributed by atoms with Gasteiger partial charge in [-0.2, -0.15) is 5.26 Å². The van der Waals surface area contributed by atoms with Gasteiger partial charge >= 0.3 is 0 Å². The van der Waals surface area contributed by atoms with Crippen molar-refractivity contribution in [1.82, 2.24) is 0 Å². The molecule has 5 heteroatoms. The molecule has 100 valence electrons. The highest BCUT2D eigenvalue weighted by atomic mass is 16.5. The molecule has 0 aliphatic heterocycles. The van der Waals surface area contributed by atoms with Crippen molar-refractivity contribution < 1.29 is 14.6 Å². The number of benzene rings is 2. The number of hydrogen-bond donors (Lipinski definition) is 2. The second-order valence-corrected chi connectivity index (χ2v) is 4.03. The number of nitrogens with one attached hydrogen (secondary N) is 1. The minimum atomic E-state index is -0.326. The van der Waals surface area contributed by atoms with Crippen LogP contribution in [0, 0.1) is 11.3 Å². The lowest BCUT2D eigenvalue weighted by Gasteiger charge is -2.08. The number of rotatable bonds is 3. The third-order valence-electron chi connectivity index (χ3n) is 2.71. The molecule has 2 rings (SSSR count). The summed E-state index contributed by atoms with van der Waals surface area (Å²) in [6.45, 7) is 0. The number of carbonyl (C=O) groups excluding carboxylic acids is 1. The van der Waals surface area contributed by atoms with Gasteiger partial charge < -0.3 is 15.2 Å². The fourth-order valence-electron chi connectivity index (χ4n) is 1.65. The number of ether oxygens (including phenoxy) is 1. The van der Waals surface area contributed by atoms with E-state index in [1.165, 1.54) is 25.3 Å². The van der Waals surface area contributed by atoms with Crippen LogP contribution in [-0.4, -0.2) is 18.1 Å².